The maximum Gasteiger partial charge on any atom is 0.354 e. The average molecular weight is 438 g/mol. The number of benzene rings is 1. The van der Waals surface area contributed by atoms with Gasteiger partial charge in [0.15, 0.2) is 0 Å². The van der Waals surface area contributed by atoms with Crippen molar-refractivity contribution in [3.8, 4) is 0 Å². The van der Waals surface area contributed by atoms with Crippen LogP contribution in [0.3, 0.4) is 0 Å². The Labute approximate surface area is 174 Å². The summed E-state index contributed by atoms with van der Waals surface area (Å²) in [7, 11) is 0. The van der Waals surface area contributed by atoms with Crippen LogP contribution in [0.1, 0.15) is 24.0 Å². The largest absolute Gasteiger partial charge is 0.477 e. The topological polar surface area (TPSA) is 122 Å². The average Bonchev–Trinajstić information content (AvgIpc) is 2.73. The van der Waals surface area contributed by atoms with Gasteiger partial charge in [-0.05, 0) is 5.56 Å². The molecule has 0 aliphatic carbocycles. The predicted octanol–water partition coefficient (Wildman–Crippen LogP) is 2.72. The summed E-state index contributed by atoms with van der Waals surface area (Å²) in [5.41, 5.74) is 0.0259. The Kier molecular flexibility index (Phi) is 6.46. The highest BCUT2D eigenvalue weighted by Gasteiger charge is 2.27. The zero-order valence-electron chi connectivity index (χ0n) is 15.6. The molecule has 1 aliphatic heterocycles. The number of hydrogen-bond acceptors (Lipinski definition) is 6. The molecule has 0 atom stereocenters. The minimum Gasteiger partial charge on any atom is -0.477 e. The van der Waals surface area contributed by atoms with Gasteiger partial charge in [0.2, 0.25) is 0 Å². The van der Waals surface area contributed by atoms with Gasteiger partial charge < -0.3 is 15.3 Å². The number of aromatic amines is 1. The monoisotopic (exact) mass is 437 g/mol. The molecule has 0 fully saturated rings. The number of aromatic nitrogens is 2. The number of H-pyrrole nitrogens is 1. The Bertz CT molecular complexity index is 1070. The molecule has 0 unspecified atom stereocenters. The number of alkyl halides is 2. The van der Waals surface area contributed by atoms with Crippen molar-refractivity contribution in [2.24, 2.45) is 0 Å². The summed E-state index contributed by atoms with van der Waals surface area (Å²) < 4.78 is 26.4. The fourth-order valence-electron chi connectivity index (χ4n) is 3.23. The lowest BCUT2D eigenvalue weighted by atomic mass is 10.00. The van der Waals surface area contributed by atoms with Gasteiger partial charge in [-0.15, -0.1) is 0 Å². The number of carboxylic acid groups (broad SMARTS) is 1. The van der Waals surface area contributed by atoms with Gasteiger partial charge in [0.05, 0.1) is 11.9 Å². The molecule has 1 aliphatic rings. The molecule has 0 amide bonds. The summed E-state index contributed by atoms with van der Waals surface area (Å²) >= 11 is 6.04. The first-order chi connectivity index (χ1) is 14.3. The molecule has 1 aromatic carbocycles. The molecule has 158 valence electrons. The van der Waals surface area contributed by atoms with Crippen LogP contribution in [0.15, 0.2) is 46.5 Å². The van der Waals surface area contributed by atoms with Crippen LogP contribution in [-0.2, 0) is 11.3 Å². The molecule has 0 radical (unpaired) electrons. The van der Waals surface area contributed by atoms with E-state index in [1.165, 1.54) is 18.3 Å². The molecule has 8 nitrogen and oxygen atoms in total. The highest BCUT2D eigenvalue weighted by molar-refractivity contribution is 6.41. The third-order valence-corrected chi connectivity index (χ3v) is 5.13. The van der Waals surface area contributed by atoms with Crippen LogP contribution in [0.4, 0.5) is 14.5 Å². The van der Waals surface area contributed by atoms with Crippen LogP contribution in [0, 0.1) is 5.41 Å². The van der Waals surface area contributed by atoms with E-state index in [1.54, 1.807) is 17.0 Å². The number of carboxylic acids is 1. The van der Waals surface area contributed by atoms with E-state index in [9.17, 15) is 23.5 Å². The van der Waals surface area contributed by atoms with E-state index in [0.29, 0.717) is 29.9 Å². The standard InChI is InChI=1S/C19H18ClF2N5O3/c20-15-14(8-25-26-18(15)28)27-6-5-13(12(9-27)16(23)19(29)30)24-7-10-3-1-2-4-11(10)17(21)22/h1-4,8,17,23-24H,5-7,9H2,(H,26,28)(H,29,30). The summed E-state index contributed by atoms with van der Waals surface area (Å²) in [6.07, 6.45) is -0.991. The van der Waals surface area contributed by atoms with Crippen molar-refractivity contribution in [1.82, 2.24) is 15.5 Å². The lowest BCUT2D eigenvalue weighted by Crippen LogP contribution is -2.39. The van der Waals surface area contributed by atoms with E-state index in [0.717, 1.165) is 0 Å². The molecule has 0 saturated carbocycles. The van der Waals surface area contributed by atoms with Gasteiger partial charge >= 0.3 is 5.97 Å². The van der Waals surface area contributed by atoms with Crippen LogP contribution < -0.4 is 15.8 Å². The number of nitrogens with zero attached hydrogens (tertiary/aromatic N) is 2. The van der Waals surface area contributed by atoms with E-state index in [-0.39, 0.29) is 29.2 Å². The second-order valence-electron chi connectivity index (χ2n) is 6.56. The summed E-state index contributed by atoms with van der Waals surface area (Å²) in [5.74, 6) is -1.42. The summed E-state index contributed by atoms with van der Waals surface area (Å²) in [6.45, 7) is 0.411. The van der Waals surface area contributed by atoms with Crippen molar-refractivity contribution in [3.63, 3.8) is 0 Å². The van der Waals surface area contributed by atoms with Gasteiger partial charge in [0.1, 0.15) is 10.7 Å². The maximum absolute atomic E-state index is 13.2. The fraction of sp³-hybridized carbons (Fsp3) is 0.263. The third kappa shape index (κ3) is 4.48. The lowest BCUT2D eigenvalue weighted by Gasteiger charge is -2.32. The van der Waals surface area contributed by atoms with Gasteiger partial charge in [-0.25, -0.2) is 18.7 Å². The van der Waals surface area contributed by atoms with Crippen LogP contribution in [-0.4, -0.2) is 40.1 Å². The van der Waals surface area contributed by atoms with Crippen LogP contribution in [0.2, 0.25) is 5.02 Å². The first kappa shape index (κ1) is 21.4. The van der Waals surface area contributed by atoms with E-state index in [2.05, 4.69) is 15.5 Å². The number of rotatable bonds is 7. The van der Waals surface area contributed by atoms with E-state index in [4.69, 9.17) is 17.0 Å². The summed E-state index contributed by atoms with van der Waals surface area (Å²) in [5, 5.41) is 26.1. The van der Waals surface area contributed by atoms with E-state index >= 15 is 0 Å². The Balaban J connectivity index is 1.89. The van der Waals surface area contributed by atoms with Gasteiger partial charge in [-0.1, -0.05) is 35.9 Å². The second kappa shape index (κ2) is 9.04. The molecule has 0 bridgehead atoms. The molecule has 2 aromatic rings. The Morgan fingerprint density at radius 3 is 2.83 bits per heavy atom. The van der Waals surface area contributed by atoms with Gasteiger partial charge in [0, 0.05) is 42.9 Å². The first-order valence-electron chi connectivity index (χ1n) is 8.91. The number of carbonyl (C=O) groups is 1. The highest BCUT2D eigenvalue weighted by Crippen LogP contribution is 2.28. The van der Waals surface area contributed by atoms with E-state index < -0.39 is 23.7 Å². The van der Waals surface area contributed by atoms with Crippen molar-refractivity contribution in [1.29, 1.82) is 5.41 Å². The Hall–Kier alpha value is -3.27. The molecule has 30 heavy (non-hydrogen) atoms. The van der Waals surface area contributed by atoms with Crippen LogP contribution in [0.5, 0.6) is 0 Å². The number of anilines is 1. The minimum absolute atomic E-state index is 0.00514. The van der Waals surface area contributed by atoms with Gasteiger partial charge in [-0.2, -0.15) is 5.10 Å². The van der Waals surface area contributed by atoms with Crippen LogP contribution in [0.25, 0.3) is 0 Å². The summed E-state index contributed by atoms with van der Waals surface area (Å²) in [6, 6.07) is 6.06. The van der Waals surface area contributed by atoms with Crippen molar-refractivity contribution in [2.45, 2.75) is 19.4 Å². The molecule has 4 N–H and O–H groups in total. The molecule has 0 spiro atoms. The van der Waals surface area contributed by atoms with Crippen LogP contribution >= 0.6 is 11.6 Å². The molecular weight excluding hydrogens is 420 g/mol. The quantitative estimate of drug-likeness (QED) is 0.494. The molecule has 0 saturated heterocycles. The van der Waals surface area contributed by atoms with Crippen molar-refractivity contribution in [3.05, 3.63) is 68.2 Å². The maximum atomic E-state index is 13.2. The third-order valence-electron chi connectivity index (χ3n) is 4.76. The zero-order chi connectivity index (χ0) is 21.8. The highest BCUT2D eigenvalue weighted by atomic mass is 35.5. The molecule has 1 aromatic heterocycles. The Morgan fingerprint density at radius 1 is 1.40 bits per heavy atom. The smallest absolute Gasteiger partial charge is 0.354 e. The van der Waals surface area contributed by atoms with Gasteiger partial charge in [-0.3, -0.25) is 10.2 Å². The number of aliphatic carboxylic acids is 1. The van der Waals surface area contributed by atoms with Crippen molar-refractivity contribution < 1.29 is 18.7 Å². The molecule has 11 heteroatoms. The van der Waals surface area contributed by atoms with Gasteiger partial charge in [0.25, 0.3) is 12.0 Å². The molecule has 3 rings (SSSR count). The van der Waals surface area contributed by atoms with Crippen molar-refractivity contribution >= 4 is 29.0 Å². The number of halogens is 3. The van der Waals surface area contributed by atoms with E-state index in [1.807, 2.05) is 0 Å². The molecule has 2 heterocycles. The fourth-order valence-corrected chi connectivity index (χ4v) is 3.44. The predicted molar refractivity (Wildman–Crippen MR) is 107 cm³/mol. The molecular formula is C19H18ClF2N5O3. The normalized spacial score (nSPS) is 14.2. The zero-order valence-corrected chi connectivity index (χ0v) is 16.3. The lowest BCUT2D eigenvalue weighted by molar-refractivity contribution is -0.129. The minimum atomic E-state index is -2.64. The number of nitrogens with one attached hydrogen (secondary N) is 3. The first-order valence-corrected chi connectivity index (χ1v) is 9.29. The number of hydrogen-bond donors (Lipinski definition) is 4. The van der Waals surface area contributed by atoms with Crippen molar-refractivity contribution in [2.75, 3.05) is 18.0 Å². The second-order valence-corrected chi connectivity index (χ2v) is 6.94. The SMILES string of the molecule is N=C(C(=O)O)C1=C(NCc2ccccc2C(F)F)CCN(c2cn[nH]c(=O)c2Cl)C1. The Morgan fingerprint density at radius 2 is 2.13 bits per heavy atom. The summed E-state index contributed by atoms with van der Waals surface area (Å²) in [4.78, 5) is 24.8.